The minimum absolute atomic E-state index is 0.0243. The van der Waals surface area contributed by atoms with Gasteiger partial charge < -0.3 is 10.1 Å². The van der Waals surface area contributed by atoms with Gasteiger partial charge in [0.05, 0.1) is 0 Å². The Labute approximate surface area is 148 Å². The first-order valence-corrected chi connectivity index (χ1v) is 7.86. The molecule has 2 aromatic rings. The number of benzene rings is 1. The third-order valence-corrected chi connectivity index (χ3v) is 3.46. The van der Waals surface area contributed by atoms with E-state index in [1.165, 1.54) is 36.5 Å². The second-order valence-electron chi connectivity index (χ2n) is 5.48. The first-order chi connectivity index (χ1) is 12.3. The molecule has 1 aromatic heterocycles. The minimum Gasteiger partial charge on any atom is -0.406 e. The van der Waals surface area contributed by atoms with E-state index < -0.39 is 6.36 Å². The molecule has 1 N–H and O–H groups in total. The quantitative estimate of drug-likeness (QED) is 0.815. The van der Waals surface area contributed by atoms with E-state index in [0.29, 0.717) is 23.2 Å². The summed E-state index contributed by atoms with van der Waals surface area (Å²) < 4.78 is 40.1. The molecule has 138 valence electrons. The standard InChI is InChI=1S/C18H17F3N2O3/c1-2-15(24)10-14-9-13(7-8-22-14)17(25)23-11-12-3-5-16(6-4-12)26-18(19,20)21/h3-9H,2,10-11H2,1H3,(H,23,25). The van der Waals surface area contributed by atoms with Gasteiger partial charge in [-0.05, 0) is 29.8 Å². The molecule has 0 atom stereocenters. The summed E-state index contributed by atoms with van der Waals surface area (Å²) in [4.78, 5) is 27.7. The second kappa shape index (κ2) is 8.46. The van der Waals surface area contributed by atoms with Crippen LogP contribution in [0.4, 0.5) is 13.2 Å². The van der Waals surface area contributed by atoms with E-state index in [1.54, 1.807) is 13.0 Å². The third-order valence-electron chi connectivity index (χ3n) is 3.46. The lowest BCUT2D eigenvalue weighted by molar-refractivity contribution is -0.274. The van der Waals surface area contributed by atoms with Crippen LogP contribution in [0.15, 0.2) is 42.6 Å². The molecule has 0 aliphatic carbocycles. The lowest BCUT2D eigenvalue weighted by Gasteiger charge is -2.10. The van der Waals surface area contributed by atoms with E-state index in [2.05, 4.69) is 15.0 Å². The van der Waals surface area contributed by atoms with Crippen molar-refractivity contribution in [2.75, 3.05) is 0 Å². The molecule has 8 heteroatoms. The maximum Gasteiger partial charge on any atom is 0.573 e. The summed E-state index contributed by atoms with van der Waals surface area (Å²) in [6, 6.07) is 8.28. The van der Waals surface area contributed by atoms with E-state index in [9.17, 15) is 22.8 Å². The number of amides is 1. The molecule has 0 aliphatic heterocycles. The molecular formula is C18H17F3N2O3. The average molecular weight is 366 g/mol. The van der Waals surface area contributed by atoms with Crippen molar-refractivity contribution in [2.24, 2.45) is 0 Å². The lowest BCUT2D eigenvalue weighted by Crippen LogP contribution is -2.23. The van der Waals surface area contributed by atoms with Gasteiger partial charge in [0.2, 0.25) is 0 Å². The number of alkyl halides is 3. The monoisotopic (exact) mass is 366 g/mol. The van der Waals surface area contributed by atoms with Crippen molar-refractivity contribution in [1.29, 1.82) is 0 Å². The normalized spacial score (nSPS) is 11.1. The Balaban J connectivity index is 1.94. The number of carbonyl (C=O) groups excluding carboxylic acids is 2. The number of aromatic nitrogens is 1. The molecule has 1 aromatic carbocycles. The molecule has 0 radical (unpaired) electrons. The molecule has 0 spiro atoms. The maximum atomic E-state index is 12.2. The fourth-order valence-electron chi connectivity index (χ4n) is 2.14. The van der Waals surface area contributed by atoms with E-state index in [0.717, 1.165) is 0 Å². The number of nitrogens with zero attached hydrogens (tertiary/aromatic N) is 1. The molecule has 0 fully saturated rings. The number of hydrogen-bond donors (Lipinski definition) is 1. The Bertz CT molecular complexity index is 774. The van der Waals surface area contributed by atoms with Gasteiger partial charge in [-0.2, -0.15) is 0 Å². The summed E-state index contributed by atoms with van der Waals surface area (Å²) in [6.07, 6.45) is -2.73. The van der Waals surface area contributed by atoms with Crippen molar-refractivity contribution in [3.8, 4) is 5.75 Å². The molecule has 0 unspecified atom stereocenters. The van der Waals surface area contributed by atoms with Gasteiger partial charge in [0.25, 0.3) is 5.91 Å². The number of ketones is 1. The van der Waals surface area contributed by atoms with E-state index in [4.69, 9.17) is 0 Å². The molecule has 0 bridgehead atoms. The summed E-state index contributed by atoms with van der Waals surface area (Å²) in [5, 5.41) is 2.66. The van der Waals surface area contributed by atoms with E-state index >= 15 is 0 Å². The van der Waals surface area contributed by atoms with Gasteiger partial charge in [0.1, 0.15) is 11.5 Å². The smallest absolute Gasteiger partial charge is 0.406 e. The topological polar surface area (TPSA) is 68.3 Å². The minimum atomic E-state index is -4.74. The van der Waals surface area contributed by atoms with Crippen molar-refractivity contribution in [2.45, 2.75) is 32.7 Å². The molecule has 1 amide bonds. The second-order valence-corrected chi connectivity index (χ2v) is 5.48. The van der Waals surface area contributed by atoms with E-state index in [1.807, 2.05) is 0 Å². The predicted molar refractivity (Wildman–Crippen MR) is 87.5 cm³/mol. The zero-order valence-electron chi connectivity index (χ0n) is 14.0. The van der Waals surface area contributed by atoms with Crippen LogP contribution in [0.2, 0.25) is 0 Å². The van der Waals surface area contributed by atoms with Gasteiger partial charge >= 0.3 is 6.36 Å². The highest BCUT2D eigenvalue weighted by atomic mass is 19.4. The fraction of sp³-hybridized carbons (Fsp3) is 0.278. The highest BCUT2D eigenvalue weighted by Gasteiger charge is 2.30. The number of hydrogen-bond acceptors (Lipinski definition) is 4. The lowest BCUT2D eigenvalue weighted by atomic mass is 10.1. The summed E-state index contributed by atoms with van der Waals surface area (Å²) in [6.45, 7) is 1.89. The van der Waals surface area contributed by atoms with Gasteiger partial charge in [-0.3, -0.25) is 14.6 Å². The molecule has 2 rings (SSSR count). The molecular weight excluding hydrogens is 349 g/mol. The number of rotatable bonds is 7. The highest BCUT2D eigenvalue weighted by Crippen LogP contribution is 2.22. The number of halogens is 3. The Morgan fingerprint density at radius 1 is 1.15 bits per heavy atom. The molecule has 0 saturated carbocycles. The van der Waals surface area contributed by atoms with Crippen LogP contribution in [-0.4, -0.2) is 23.0 Å². The van der Waals surface area contributed by atoms with Gasteiger partial charge in [0.15, 0.2) is 0 Å². The van der Waals surface area contributed by atoms with Crippen LogP contribution < -0.4 is 10.1 Å². The van der Waals surface area contributed by atoms with Crippen molar-refractivity contribution in [3.63, 3.8) is 0 Å². The number of ether oxygens (including phenoxy) is 1. The molecule has 0 aliphatic rings. The van der Waals surface area contributed by atoms with Crippen LogP contribution in [0.3, 0.4) is 0 Å². The van der Waals surface area contributed by atoms with Crippen molar-refractivity contribution >= 4 is 11.7 Å². The highest BCUT2D eigenvalue weighted by molar-refractivity contribution is 5.94. The number of Topliss-reactive ketones (excluding diaryl/α,β-unsaturated/α-hetero) is 1. The number of pyridine rings is 1. The van der Waals surface area contributed by atoms with Gasteiger partial charge in [-0.1, -0.05) is 19.1 Å². The first-order valence-electron chi connectivity index (χ1n) is 7.86. The predicted octanol–water partition coefficient (Wildman–Crippen LogP) is 3.43. The summed E-state index contributed by atoms with van der Waals surface area (Å²) in [5.74, 6) is -0.670. The molecule has 5 nitrogen and oxygen atoms in total. The molecule has 1 heterocycles. The van der Waals surface area contributed by atoms with E-state index in [-0.39, 0.29) is 30.4 Å². The van der Waals surface area contributed by atoms with Crippen LogP contribution in [0.5, 0.6) is 5.75 Å². The Morgan fingerprint density at radius 3 is 2.46 bits per heavy atom. The Morgan fingerprint density at radius 2 is 1.85 bits per heavy atom. The average Bonchev–Trinajstić information content (AvgIpc) is 2.59. The third kappa shape index (κ3) is 6.19. The first kappa shape index (κ1) is 19.4. The molecule has 26 heavy (non-hydrogen) atoms. The largest absolute Gasteiger partial charge is 0.573 e. The fourth-order valence-corrected chi connectivity index (χ4v) is 2.14. The van der Waals surface area contributed by atoms with Crippen molar-refractivity contribution in [3.05, 3.63) is 59.4 Å². The number of carbonyl (C=O) groups is 2. The van der Waals surface area contributed by atoms with Crippen LogP contribution in [0.25, 0.3) is 0 Å². The van der Waals surface area contributed by atoms with Crippen LogP contribution in [-0.2, 0) is 17.8 Å². The summed E-state index contributed by atoms with van der Waals surface area (Å²) in [5.41, 5.74) is 1.48. The van der Waals surface area contributed by atoms with Gasteiger partial charge in [-0.25, -0.2) is 0 Å². The van der Waals surface area contributed by atoms with Crippen LogP contribution >= 0.6 is 0 Å². The Kier molecular flexibility index (Phi) is 6.32. The van der Waals surface area contributed by atoms with Crippen molar-refractivity contribution in [1.82, 2.24) is 10.3 Å². The van der Waals surface area contributed by atoms with Gasteiger partial charge in [-0.15, -0.1) is 13.2 Å². The van der Waals surface area contributed by atoms with Crippen LogP contribution in [0.1, 0.15) is 35.0 Å². The van der Waals surface area contributed by atoms with Gasteiger partial charge in [0, 0.05) is 36.8 Å². The van der Waals surface area contributed by atoms with Crippen molar-refractivity contribution < 1.29 is 27.5 Å². The zero-order valence-corrected chi connectivity index (χ0v) is 14.0. The maximum absolute atomic E-state index is 12.2. The number of nitrogens with one attached hydrogen (secondary N) is 1. The SMILES string of the molecule is CCC(=O)Cc1cc(C(=O)NCc2ccc(OC(F)(F)F)cc2)ccn1. The zero-order chi connectivity index (χ0) is 19.2. The molecule has 0 saturated heterocycles. The summed E-state index contributed by atoms with van der Waals surface area (Å²) in [7, 11) is 0. The van der Waals surface area contributed by atoms with Crippen LogP contribution in [0, 0.1) is 0 Å². The Hall–Kier alpha value is -2.90. The summed E-state index contributed by atoms with van der Waals surface area (Å²) >= 11 is 0.